The summed E-state index contributed by atoms with van der Waals surface area (Å²) in [7, 11) is 0. The van der Waals surface area contributed by atoms with E-state index in [1.165, 1.54) is 0 Å². The largest absolute Gasteiger partial charge is 2.00 e. The van der Waals surface area contributed by atoms with E-state index in [9.17, 15) is 0 Å². The molecule has 0 aromatic heterocycles. The first-order valence-electron chi connectivity index (χ1n) is 0. The predicted octanol–water partition coefficient (Wildman–Crippen LogP) is -15.4. The molecule has 0 unspecified atom stereocenters. The van der Waals surface area contributed by atoms with Gasteiger partial charge in [0.2, 0.25) is 0 Å². The quantitative estimate of drug-likeness (QED) is 0.354. The number of hydrogen-bond acceptors (Lipinski definition) is 0. The zero-order valence-electron chi connectivity index (χ0n) is 2.60. The van der Waals surface area contributed by atoms with Gasteiger partial charge in [0, 0.05) is 0 Å². The van der Waals surface area contributed by atoms with Crippen LogP contribution in [-0.4, -0.2) is 37.7 Å². The van der Waals surface area contributed by atoms with Crippen LogP contribution in [0.15, 0.2) is 0 Å². The van der Waals surface area contributed by atoms with Gasteiger partial charge in [0.05, 0.1) is 0 Å². The van der Waals surface area contributed by atoms with E-state index in [0.29, 0.717) is 0 Å². The van der Waals surface area contributed by atoms with Crippen LogP contribution in [0.1, 0.15) is 0 Å². The van der Waals surface area contributed by atoms with Crippen LogP contribution in [0.4, 0.5) is 0 Å². The van der Waals surface area contributed by atoms with Gasteiger partial charge < -0.3 is 62.0 Å². The zero-order chi connectivity index (χ0) is 0. The zero-order valence-corrected chi connectivity index (χ0v) is 8.58. The summed E-state index contributed by atoms with van der Waals surface area (Å²) in [6, 6.07) is 0. The molecule has 0 radical (unpaired) electrons. The fourth-order valence-corrected chi connectivity index (χ4v) is 0. The van der Waals surface area contributed by atoms with Gasteiger partial charge in [-0.15, -0.1) is 0 Å². The normalized spacial score (nSPS) is 0. The van der Waals surface area contributed by atoms with Crippen LogP contribution in [0.3, 0.4) is 0 Å². The van der Waals surface area contributed by atoms with E-state index < -0.39 is 0 Å². The van der Waals surface area contributed by atoms with E-state index in [-0.39, 0.29) is 99.8 Å². The Morgan fingerprint density at radius 2 is 0.333 bits per heavy atom. The van der Waals surface area contributed by atoms with Gasteiger partial charge in [0.25, 0.3) is 0 Å². The topological polar surface area (TPSA) is 0 Å². The van der Waals surface area contributed by atoms with Crippen LogP contribution in [0.5, 0.6) is 0 Å². The third kappa shape index (κ3) is 29.8. The average molecular weight is 217 g/mol. The van der Waals surface area contributed by atoms with Gasteiger partial charge in [0.1, 0.15) is 0 Å². The van der Waals surface area contributed by atoms with Crippen LogP contribution in [-0.2, 0) is 0 Å². The third-order valence-electron chi connectivity index (χ3n) is 0. The Balaban J connectivity index is 0. The smallest absolute Gasteiger partial charge is 1.00 e. The van der Waals surface area contributed by atoms with Gasteiger partial charge in [-0.25, -0.2) is 0 Å². The van der Waals surface area contributed by atoms with Crippen molar-refractivity contribution in [2.75, 3.05) is 0 Å². The van der Waals surface area contributed by atoms with Crippen LogP contribution in [0, 0.1) is 0 Å². The van der Waals surface area contributed by atoms with Gasteiger partial charge >= 0.3 is 37.7 Å². The van der Waals surface area contributed by atoms with Crippen LogP contribution in [0.25, 0.3) is 0 Å². The van der Waals surface area contributed by atoms with Crippen molar-refractivity contribution in [2.45, 2.75) is 0 Å². The van der Waals surface area contributed by atoms with Crippen LogP contribution >= 0.6 is 0 Å². The van der Waals surface area contributed by atoms with Gasteiger partial charge in [-0.05, 0) is 0 Å². The molecule has 0 aliphatic rings. The van der Waals surface area contributed by atoms with Crippen LogP contribution in [0.2, 0.25) is 0 Å². The first-order chi connectivity index (χ1) is 0. The van der Waals surface area contributed by atoms with Gasteiger partial charge in [-0.2, -0.15) is 0 Å². The third-order valence-corrected chi connectivity index (χ3v) is 0. The van der Waals surface area contributed by atoms with Crippen molar-refractivity contribution in [3.05, 3.63) is 0 Å². The molecule has 0 rings (SSSR count). The molecule has 0 amide bonds. The maximum absolute atomic E-state index is 0. The Morgan fingerprint density at radius 1 is 0.333 bits per heavy atom. The molecular weight excluding hydrogens is 217 g/mol. The number of halogens is 5. The maximum atomic E-state index is 0. The van der Waals surface area contributed by atoms with Gasteiger partial charge in [-0.1, -0.05) is 0 Å². The second-order valence-electron chi connectivity index (χ2n) is 0. The Kier molecular flexibility index (Phi) is 555. The molecule has 6 heteroatoms. The number of rotatable bonds is 0. The Labute approximate surface area is 98.2 Å². The summed E-state index contributed by atoms with van der Waals surface area (Å²) in [5, 5.41) is 0. The monoisotopic (exact) mass is 215 g/mol. The van der Waals surface area contributed by atoms with Crippen molar-refractivity contribution in [1.82, 2.24) is 0 Å². The minimum atomic E-state index is 0. The first kappa shape index (κ1) is 70.5. The molecule has 0 saturated carbocycles. The second kappa shape index (κ2) is 47.3. The minimum absolute atomic E-state index is 0. The summed E-state index contributed by atoms with van der Waals surface area (Å²) in [5.41, 5.74) is 0. The molecule has 0 aromatic rings. The van der Waals surface area contributed by atoms with Crippen LogP contribution < -0.4 is 62.0 Å². The predicted molar refractivity (Wildman–Crippen MR) is 5.75 cm³/mol. The molecular formula is CaCl5-3. The van der Waals surface area contributed by atoms with E-state index in [2.05, 4.69) is 0 Å². The molecule has 0 aromatic carbocycles. The van der Waals surface area contributed by atoms with Crippen molar-refractivity contribution in [3.8, 4) is 0 Å². The molecule has 0 spiro atoms. The second-order valence-corrected chi connectivity index (χ2v) is 0. The summed E-state index contributed by atoms with van der Waals surface area (Å²) in [4.78, 5) is 0. The van der Waals surface area contributed by atoms with E-state index >= 15 is 0 Å². The van der Waals surface area contributed by atoms with E-state index in [4.69, 9.17) is 0 Å². The fraction of sp³-hybridized carbons (Fsp3) is 0. The van der Waals surface area contributed by atoms with Crippen molar-refractivity contribution in [1.29, 1.82) is 0 Å². The average Bonchev–Trinajstić information content (AvgIpc) is 0. The molecule has 6 heavy (non-hydrogen) atoms. The molecule has 0 aliphatic carbocycles. The summed E-state index contributed by atoms with van der Waals surface area (Å²) < 4.78 is 0. The van der Waals surface area contributed by atoms with E-state index in [0.717, 1.165) is 0 Å². The minimum Gasteiger partial charge on any atom is -1.00 e. The maximum Gasteiger partial charge on any atom is 2.00 e. The molecule has 0 heterocycles. The Bertz CT molecular complexity index is 3.90. The molecule has 0 fully saturated rings. The van der Waals surface area contributed by atoms with Crippen molar-refractivity contribution in [2.24, 2.45) is 0 Å². The summed E-state index contributed by atoms with van der Waals surface area (Å²) in [5.74, 6) is 0. The van der Waals surface area contributed by atoms with Gasteiger partial charge in [0.15, 0.2) is 0 Å². The molecule has 0 aliphatic heterocycles. The van der Waals surface area contributed by atoms with E-state index in [1.807, 2.05) is 0 Å². The van der Waals surface area contributed by atoms with Gasteiger partial charge in [-0.3, -0.25) is 0 Å². The summed E-state index contributed by atoms with van der Waals surface area (Å²) in [6.07, 6.45) is 0. The van der Waals surface area contributed by atoms with Crippen molar-refractivity contribution in [3.63, 3.8) is 0 Å². The first-order valence-corrected chi connectivity index (χ1v) is 0. The van der Waals surface area contributed by atoms with E-state index in [1.54, 1.807) is 0 Å². The molecule has 0 bridgehead atoms. The molecule has 0 nitrogen and oxygen atoms in total. The Morgan fingerprint density at radius 3 is 0.333 bits per heavy atom. The van der Waals surface area contributed by atoms with Crippen molar-refractivity contribution < 1.29 is 62.0 Å². The molecule has 0 atom stereocenters. The summed E-state index contributed by atoms with van der Waals surface area (Å²) >= 11 is 0. The van der Waals surface area contributed by atoms with Crippen molar-refractivity contribution >= 4 is 37.7 Å². The summed E-state index contributed by atoms with van der Waals surface area (Å²) in [6.45, 7) is 0. The molecule has 40 valence electrons. The standard InChI is InChI=1S/Ca.5ClH/h;5*1H/q+2;;;;;/p-5. The molecule has 0 saturated heterocycles. The molecule has 0 N–H and O–H groups in total. The fourth-order valence-electron chi connectivity index (χ4n) is 0. The SMILES string of the molecule is [Ca+2].[Cl-].[Cl-].[Cl-].[Cl-].[Cl-]. The Hall–Kier alpha value is 2.71. The number of hydrogen-bond donors (Lipinski definition) is 0.